The molecule has 0 saturated carbocycles. The summed E-state index contributed by atoms with van der Waals surface area (Å²) in [6.07, 6.45) is 3.97. The van der Waals surface area contributed by atoms with Crippen LogP contribution in [0.5, 0.6) is 5.88 Å². The van der Waals surface area contributed by atoms with Crippen molar-refractivity contribution in [2.24, 2.45) is 11.8 Å². The van der Waals surface area contributed by atoms with Crippen LogP contribution < -0.4 is 15.0 Å². The number of hydrogen-bond donors (Lipinski definition) is 2. The maximum absolute atomic E-state index is 12.7. The second kappa shape index (κ2) is 8.73. The van der Waals surface area contributed by atoms with Crippen molar-refractivity contribution in [2.75, 3.05) is 31.6 Å². The predicted molar refractivity (Wildman–Crippen MR) is 112 cm³/mol. The van der Waals surface area contributed by atoms with Crippen LogP contribution in [0.1, 0.15) is 34.7 Å². The van der Waals surface area contributed by atoms with Gasteiger partial charge < -0.3 is 29.3 Å². The minimum atomic E-state index is -0.250. The van der Waals surface area contributed by atoms with Gasteiger partial charge in [0, 0.05) is 37.2 Å². The van der Waals surface area contributed by atoms with Crippen LogP contribution >= 0.6 is 0 Å². The third-order valence-corrected chi connectivity index (χ3v) is 6.65. The molecule has 1 spiro atoms. The van der Waals surface area contributed by atoms with Gasteiger partial charge in [-0.1, -0.05) is 5.16 Å². The van der Waals surface area contributed by atoms with Gasteiger partial charge in [0.05, 0.1) is 31.1 Å². The summed E-state index contributed by atoms with van der Waals surface area (Å²) in [5, 5.41) is 13.8. The van der Waals surface area contributed by atoms with Gasteiger partial charge in [-0.2, -0.15) is 4.98 Å². The van der Waals surface area contributed by atoms with Gasteiger partial charge in [-0.3, -0.25) is 9.59 Å². The summed E-state index contributed by atoms with van der Waals surface area (Å²) in [6, 6.07) is 1.74. The second-order valence-corrected chi connectivity index (χ2v) is 8.32. The van der Waals surface area contributed by atoms with Gasteiger partial charge in [-0.05, 0) is 26.7 Å². The highest BCUT2D eigenvalue weighted by atomic mass is 16.5. The lowest BCUT2D eigenvalue weighted by atomic mass is 9.73. The normalized spacial score (nSPS) is 27.5. The molecule has 2 N–H and O–H groups in total. The highest BCUT2D eigenvalue weighted by Gasteiger charge is 2.63. The van der Waals surface area contributed by atoms with E-state index < -0.39 is 0 Å². The van der Waals surface area contributed by atoms with Crippen molar-refractivity contribution in [1.29, 1.82) is 0 Å². The van der Waals surface area contributed by atoms with E-state index >= 15 is 0 Å². The number of nitrogens with one attached hydrogen (secondary N) is 1. The molecule has 2 aromatic heterocycles. The molecule has 11 heteroatoms. The van der Waals surface area contributed by atoms with E-state index in [9.17, 15) is 4.79 Å². The summed E-state index contributed by atoms with van der Waals surface area (Å²) in [5.41, 5.74) is 0.972. The molecule has 3 fully saturated rings. The smallest absolute Gasteiger partial charge is 0.290 e. The number of methoxy groups -OCH3 is 1. The zero-order valence-electron chi connectivity index (χ0n) is 18.3. The van der Waals surface area contributed by atoms with E-state index in [1.165, 1.54) is 0 Å². The first-order valence-electron chi connectivity index (χ1n) is 10.5. The number of nitrogens with zero attached hydrogens (tertiary/aromatic N) is 4. The molecule has 5 rings (SSSR count). The number of carboxylic acid groups (broad SMARTS) is 1. The number of ether oxygens (including phenoxy) is 2. The molecule has 0 aromatic carbocycles. The number of amides is 1. The number of anilines is 1. The molecule has 2 aromatic rings. The molecule has 3 aliphatic rings. The van der Waals surface area contributed by atoms with Gasteiger partial charge in [0.25, 0.3) is 12.4 Å². The van der Waals surface area contributed by atoms with Crippen LogP contribution in [0.25, 0.3) is 0 Å². The van der Waals surface area contributed by atoms with Crippen molar-refractivity contribution < 1.29 is 28.7 Å². The Morgan fingerprint density at radius 2 is 2.25 bits per heavy atom. The third kappa shape index (κ3) is 3.77. The fraction of sp³-hybridized carbons (Fsp3) is 0.571. The number of carbonyl (C=O) groups excluding carboxylic acids is 1. The predicted octanol–water partition coefficient (Wildman–Crippen LogP) is 1.20. The van der Waals surface area contributed by atoms with Crippen LogP contribution in [-0.4, -0.2) is 71.1 Å². The van der Waals surface area contributed by atoms with Gasteiger partial charge in [0.15, 0.2) is 0 Å². The fourth-order valence-electron chi connectivity index (χ4n) is 5.32. The molecule has 172 valence electrons. The quantitative estimate of drug-likeness (QED) is 0.645. The Labute approximate surface area is 185 Å². The summed E-state index contributed by atoms with van der Waals surface area (Å²) < 4.78 is 16.8. The zero-order chi connectivity index (χ0) is 22.9. The lowest BCUT2D eigenvalue weighted by molar-refractivity contribution is -0.122. The molecule has 3 saturated heterocycles. The molecule has 0 aliphatic carbocycles. The number of aromatic nitrogens is 3. The van der Waals surface area contributed by atoms with Gasteiger partial charge in [-0.15, -0.1) is 0 Å². The van der Waals surface area contributed by atoms with Crippen LogP contribution in [0.3, 0.4) is 0 Å². The third-order valence-electron chi connectivity index (χ3n) is 6.65. The van der Waals surface area contributed by atoms with Crippen molar-refractivity contribution in [3.05, 3.63) is 29.3 Å². The van der Waals surface area contributed by atoms with Crippen molar-refractivity contribution in [3.63, 3.8) is 0 Å². The first-order valence-corrected chi connectivity index (χ1v) is 10.5. The summed E-state index contributed by atoms with van der Waals surface area (Å²) in [4.78, 5) is 32.1. The topological polar surface area (TPSA) is 140 Å². The summed E-state index contributed by atoms with van der Waals surface area (Å²) >= 11 is 0. The van der Waals surface area contributed by atoms with E-state index in [1.54, 1.807) is 33.2 Å². The Balaban J connectivity index is 0.000000775. The van der Waals surface area contributed by atoms with Crippen LogP contribution in [0.2, 0.25) is 0 Å². The van der Waals surface area contributed by atoms with Crippen molar-refractivity contribution >= 4 is 18.3 Å². The van der Waals surface area contributed by atoms with E-state index in [0.29, 0.717) is 41.3 Å². The molecule has 11 nitrogen and oxygen atoms in total. The molecular weight excluding hydrogens is 418 g/mol. The molecule has 1 amide bonds. The number of carbonyl (C=O) groups is 2. The zero-order valence-corrected chi connectivity index (χ0v) is 18.3. The highest BCUT2D eigenvalue weighted by molar-refractivity contribution is 5.96. The lowest BCUT2D eigenvalue weighted by Crippen LogP contribution is -2.42. The van der Waals surface area contributed by atoms with Gasteiger partial charge >= 0.3 is 0 Å². The monoisotopic (exact) mass is 445 g/mol. The molecule has 5 heterocycles. The Kier molecular flexibility index (Phi) is 6.00. The van der Waals surface area contributed by atoms with Gasteiger partial charge in [-0.25, -0.2) is 4.98 Å². The van der Waals surface area contributed by atoms with Crippen molar-refractivity contribution in [3.8, 4) is 5.88 Å². The van der Waals surface area contributed by atoms with Crippen LogP contribution in [-0.2, 0) is 9.53 Å². The van der Waals surface area contributed by atoms with E-state index in [-0.39, 0.29) is 30.0 Å². The minimum Gasteiger partial charge on any atom is -0.483 e. The van der Waals surface area contributed by atoms with Crippen molar-refractivity contribution in [1.82, 2.24) is 20.4 Å². The van der Waals surface area contributed by atoms with Crippen LogP contribution in [0, 0.1) is 25.7 Å². The first-order chi connectivity index (χ1) is 15.4. The average Bonchev–Trinajstić information content (AvgIpc) is 3.52. The second-order valence-electron chi connectivity index (χ2n) is 8.32. The highest BCUT2D eigenvalue weighted by Crippen LogP contribution is 2.55. The van der Waals surface area contributed by atoms with E-state index in [0.717, 1.165) is 25.9 Å². The van der Waals surface area contributed by atoms with Gasteiger partial charge in [0.2, 0.25) is 11.8 Å². The number of hydrogen-bond acceptors (Lipinski definition) is 9. The van der Waals surface area contributed by atoms with Crippen molar-refractivity contribution in [2.45, 2.75) is 38.4 Å². The molecule has 0 unspecified atom stereocenters. The fourth-order valence-corrected chi connectivity index (χ4v) is 5.32. The summed E-state index contributed by atoms with van der Waals surface area (Å²) in [5.74, 6) is 2.23. The molecular formula is C21H27N5O6. The minimum absolute atomic E-state index is 0.135. The Morgan fingerprint density at radius 3 is 2.94 bits per heavy atom. The molecule has 2 bridgehead atoms. The standard InChI is InChI=1S/C20H25N5O4.CH2O2/c1-11-17(12(2)29-24-11)18(26)22-8-13-14-9-25(10-20(14)6-4-15(13)28-20)19-21-7-5-16(23-19)27-3;2-1-3/h5,7,13-15H,4,6,8-10H2,1-3H3,(H,22,26);1H,(H,2,3)/t13-,14+,15+,20+;/m0./s1. The van der Waals surface area contributed by atoms with E-state index in [1.807, 2.05) is 0 Å². The SMILES string of the molecule is COc1ccnc(N2C[C@@H]3[C@H](CNC(=O)c4c(C)noc4C)[C@H]4CC[C@]3(C2)O4)n1.O=CO. The number of aryl methyl sites for hydroxylation is 2. The molecule has 3 aliphatic heterocycles. The Morgan fingerprint density at radius 1 is 1.47 bits per heavy atom. The summed E-state index contributed by atoms with van der Waals surface area (Å²) in [6.45, 7) is 5.45. The largest absolute Gasteiger partial charge is 0.483 e. The number of rotatable bonds is 5. The summed E-state index contributed by atoms with van der Waals surface area (Å²) in [7, 11) is 1.60. The number of fused-ring (bicyclic) bond motifs is 1. The van der Waals surface area contributed by atoms with E-state index in [2.05, 4.69) is 25.3 Å². The Hall–Kier alpha value is -3.21. The Bertz CT molecular complexity index is 977. The molecule has 0 radical (unpaired) electrons. The lowest BCUT2D eigenvalue weighted by Gasteiger charge is -2.29. The first kappa shape index (κ1) is 22.0. The average molecular weight is 445 g/mol. The van der Waals surface area contributed by atoms with E-state index in [4.69, 9.17) is 23.9 Å². The van der Waals surface area contributed by atoms with Gasteiger partial charge in [0.1, 0.15) is 11.3 Å². The maximum Gasteiger partial charge on any atom is 0.290 e. The van der Waals surface area contributed by atoms with Crippen LogP contribution in [0.4, 0.5) is 5.95 Å². The van der Waals surface area contributed by atoms with Crippen LogP contribution in [0.15, 0.2) is 16.8 Å². The maximum atomic E-state index is 12.7. The molecule has 32 heavy (non-hydrogen) atoms. The molecule has 4 atom stereocenters.